The molecule has 1 saturated heterocycles. The molecule has 17 heavy (non-hydrogen) atoms. The smallest absolute Gasteiger partial charge is 0.120 e. The van der Waals surface area contributed by atoms with Gasteiger partial charge in [0.15, 0.2) is 0 Å². The first-order valence-electron chi connectivity index (χ1n) is 6.28. The highest BCUT2D eigenvalue weighted by atomic mass is 16.3. The standard InChI is InChI=1S/C14H22N2O/c1-11(12-6-4-5-7-13(12)17)16-9-8-15-10-14(16,2)3/h4-7,11,15,17H,8-10H2,1-3H3. The number of piperazine rings is 1. The Kier molecular flexibility index (Phi) is 3.40. The van der Waals surface area contributed by atoms with E-state index in [2.05, 4.69) is 31.0 Å². The molecule has 1 heterocycles. The van der Waals surface area contributed by atoms with Gasteiger partial charge in [-0.2, -0.15) is 0 Å². The Morgan fingerprint density at radius 1 is 1.35 bits per heavy atom. The Bertz CT molecular complexity index is 390. The maximum Gasteiger partial charge on any atom is 0.120 e. The molecule has 2 rings (SSSR count). The van der Waals surface area contributed by atoms with Gasteiger partial charge >= 0.3 is 0 Å². The number of phenols is 1. The van der Waals surface area contributed by atoms with Crippen LogP contribution in [0.4, 0.5) is 0 Å². The zero-order chi connectivity index (χ0) is 12.5. The van der Waals surface area contributed by atoms with Gasteiger partial charge in [0, 0.05) is 36.8 Å². The molecule has 0 spiro atoms. The Balaban J connectivity index is 2.25. The maximum atomic E-state index is 9.94. The number of hydrogen-bond donors (Lipinski definition) is 2. The van der Waals surface area contributed by atoms with Crippen molar-refractivity contribution in [1.29, 1.82) is 0 Å². The quantitative estimate of drug-likeness (QED) is 0.823. The molecule has 0 bridgehead atoms. The van der Waals surface area contributed by atoms with E-state index in [9.17, 15) is 5.11 Å². The van der Waals surface area contributed by atoms with E-state index in [1.807, 2.05) is 18.2 Å². The summed E-state index contributed by atoms with van der Waals surface area (Å²) < 4.78 is 0. The molecule has 94 valence electrons. The van der Waals surface area contributed by atoms with E-state index in [0.29, 0.717) is 5.75 Å². The first kappa shape index (κ1) is 12.4. The second-order valence-electron chi connectivity index (χ2n) is 5.42. The molecule has 1 aromatic carbocycles. The van der Waals surface area contributed by atoms with Crippen molar-refractivity contribution in [3.8, 4) is 5.75 Å². The van der Waals surface area contributed by atoms with Crippen LogP contribution in [0.1, 0.15) is 32.4 Å². The van der Waals surface area contributed by atoms with E-state index >= 15 is 0 Å². The van der Waals surface area contributed by atoms with E-state index in [-0.39, 0.29) is 11.6 Å². The fourth-order valence-electron chi connectivity index (χ4n) is 2.72. The largest absolute Gasteiger partial charge is 0.508 e. The van der Waals surface area contributed by atoms with Crippen molar-refractivity contribution in [2.45, 2.75) is 32.4 Å². The van der Waals surface area contributed by atoms with Gasteiger partial charge in [0.1, 0.15) is 5.75 Å². The van der Waals surface area contributed by atoms with Crippen molar-refractivity contribution in [3.05, 3.63) is 29.8 Å². The number of rotatable bonds is 2. The van der Waals surface area contributed by atoms with Crippen LogP contribution in [-0.2, 0) is 0 Å². The number of hydrogen-bond acceptors (Lipinski definition) is 3. The van der Waals surface area contributed by atoms with E-state index < -0.39 is 0 Å². The van der Waals surface area contributed by atoms with Crippen LogP contribution in [0.25, 0.3) is 0 Å². The molecule has 1 aliphatic rings. The lowest BCUT2D eigenvalue weighted by atomic mass is 9.94. The maximum absolute atomic E-state index is 9.94. The zero-order valence-electron chi connectivity index (χ0n) is 10.9. The molecular formula is C14H22N2O. The molecule has 0 aromatic heterocycles. The number of benzene rings is 1. The van der Waals surface area contributed by atoms with Crippen LogP contribution in [0, 0.1) is 0 Å². The van der Waals surface area contributed by atoms with Crippen molar-refractivity contribution in [2.75, 3.05) is 19.6 Å². The van der Waals surface area contributed by atoms with Crippen molar-refractivity contribution in [3.63, 3.8) is 0 Å². The highest BCUT2D eigenvalue weighted by molar-refractivity contribution is 5.34. The van der Waals surface area contributed by atoms with Gasteiger partial charge in [0.05, 0.1) is 0 Å². The van der Waals surface area contributed by atoms with Crippen LogP contribution in [0.2, 0.25) is 0 Å². The molecule has 3 nitrogen and oxygen atoms in total. The van der Waals surface area contributed by atoms with Crippen molar-refractivity contribution in [2.24, 2.45) is 0 Å². The highest BCUT2D eigenvalue weighted by Gasteiger charge is 2.33. The van der Waals surface area contributed by atoms with Crippen molar-refractivity contribution in [1.82, 2.24) is 10.2 Å². The van der Waals surface area contributed by atoms with Crippen LogP contribution in [0.15, 0.2) is 24.3 Å². The third-order valence-electron chi connectivity index (χ3n) is 3.72. The Morgan fingerprint density at radius 2 is 2.06 bits per heavy atom. The summed E-state index contributed by atoms with van der Waals surface area (Å²) in [5.41, 5.74) is 1.14. The minimum Gasteiger partial charge on any atom is -0.508 e. The number of nitrogens with zero attached hydrogens (tertiary/aromatic N) is 1. The van der Waals surface area contributed by atoms with Gasteiger partial charge < -0.3 is 10.4 Å². The molecule has 1 unspecified atom stereocenters. The molecule has 1 aromatic rings. The minimum absolute atomic E-state index is 0.125. The van der Waals surface area contributed by atoms with Gasteiger partial charge in [-0.1, -0.05) is 18.2 Å². The molecule has 1 aliphatic heterocycles. The summed E-state index contributed by atoms with van der Waals surface area (Å²) in [5, 5.41) is 13.4. The normalized spacial score (nSPS) is 22.3. The zero-order valence-corrected chi connectivity index (χ0v) is 10.9. The lowest BCUT2D eigenvalue weighted by Crippen LogP contribution is -2.58. The summed E-state index contributed by atoms with van der Waals surface area (Å²) in [6, 6.07) is 7.88. The Morgan fingerprint density at radius 3 is 2.71 bits per heavy atom. The van der Waals surface area contributed by atoms with Gasteiger partial charge in [0.2, 0.25) is 0 Å². The Hall–Kier alpha value is -1.06. The van der Waals surface area contributed by atoms with Crippen LogP contribution in [0.3, 0.4) is 0 Å². The second-order valence-corrected chi connectivity index (χ2v) is 5.42. The topological polar surface area (TPSA) is 35.5 Å². The predicted octanol–water partition coefficient (Wildman–Crippen LogP) is 2.14. The molecule has 2 N–H and O–H groups in total. The number of aromatic hydroxyl groups is 1. The van der Waals surface area contributed by atoms with Crippen LogP contribution in [0.5, 0.6) is 5.75 Å². The van der Waals surface area contributed by atoms with Crippen LogP contribution in [-0.4, -0.2) is 35.2 Å². The van der Waals surface area contributed by atoms with Crippen LogP contribution < -0.4 is 5.32 Å². The van der Waals surface area contributed by atoms with Gasteiger partial charge in [0.25, 0.3) is 0 Å². The number of nitrogens with one attached hydrogen (secondary N) is 1. The summed E-state index contributed by atoms with van der Waals surface area (Å²) in [7, 11) is 0. The average molecular weight is 234 g/mol. The van der Waals surface area contributed by atoms with Crippen molar-refractivity contribution >= 4 is 0 Å². The fourth-order valence-corrected chi connectivity index (χ4v) is 2.72. The van der Waals surface area contributed by atoms with E-state index in [0.717, 1.165) is 25.2 Å². The van der Waals surface area contributed by atoms with Crippen LogP contribution >= 0.6 is 0 Å². The molecule has 1 fully saturated rings. The summed E-state index contributed by atoms with van der Waals surface area (Å²) in [6.07, 6.45) is 0. The van der Waals surface area contributed by atoms with Gasteiger partial charge in [-0.15, -0.1) is 0 Å². The SMILES string of the molecule is CC(c1ccccc1O)N1CCNCC1(C)C. The second kappa shape index (κ2) is 4.67. The molecule has 3 heteroatoms. The minimum atomic E-state index is 0.125. The number of para-hydroxylation sites is 1. The van der Waals surface area contributed by atoms with Gasteiger partial charge in [-0.05, 0) is 26.8 Å². The monoisotopic (exact) mass is 234 g/mol. The van der Waals surface area contributed by atoms with Gasteiger partial charge in [-0.3, -0.25) is 4.90 Å². The van der Waals surface area contributed by atoms with Gasteiger partial charge in [-0.25, -0.2) is 0 Å². The molecule has 0 aliphatic carbocycles. The Labute approximate surface area is 103 Å². The van der Waals surface area contributed by atoms with E-state index in [4.69, 9.17) is 0 Å². The van der Waals surface area contributed by atoms with E-state index in [1.54, 1.807) is 6.07 Å². The molecule has 0 amide bonds. The first-order valence-corrected chi connectivity index (χ1v) is 6.28. The lowest BCUT2D eigenvalue weighted by molar-refractivity contribution is 0.0507. The molecule has 1 atom stereocenters. The first-order chi connectivity index (χ1) is 8.02. The van der Waals surface area contributed by atoms with Crippen molar-refractivity contribution < 1.29 is 5.11 Å². The molecule has 0 saturated carbocycles. The number of phenolic OH excluding ortho intramolecular Hbond substituents is 1. The average Bonchev–Trinajstić information content (AvgIpc) is 2.28. The summed E-state index contributed by atoms with van der Waals surface area (Å²) in [5.74, 6) is 0.398. The highest BCUT2D eigenvalue weighted by Crippen LogP contribution is 2.33. The lowest BCUT2D eigenvalue weighted by Gasteiger charge is -2.46. The fraction of sp³-hybridized carbons (Fsp3) is 0.571. The predicted molar refractivity (Wildman–Crippen MR) is 70.2 cm³/mol. The summed E-state index contributed by atoms with van der Waals surface area (Å²) in [4.78, 5) is 2.46. The molecular weight excluding hydrogens is 212 g/mol. The molecule has 0 radical (unpaired) electrons. The summed E-state index contributed by atoms with van der Waals surface area (Å²) >= 11 is 0. The third kappa shape index (κ3) is 2.45. The third-order valence-corrected chi connectivity index (χ3v) is 3.72. The van der Waals surface area contributed by atoms with E-state index in [1.165, 1.54) is 0 Å². The summed E-state index contributed by atoms with van der Waals surface area (Å²) in [6.45, 7) is 9.68.